The zero-order chi connectivity index (χ0) is 12.0. The zero-order valence-electron chi connectivity index (χ0n) is 6.86. The van der Waals surface area contributed by atoms with Gasteiger partial charge in [-0.15, -0.1) is 0 Å². The van der Waals surface area contributed by atoms with Crippen molar-refractivity contribution in [2.45, 2.75) is 4.90 Å². The Hall–Kier alpha value is -0.480. The molecule has 0 atom stereocenters. The summed E-state index contributed by atoms with van der Waals surface area (Å²) in [6.45, 7) is 0. The topological polar surface area (TPSA) is 54.4 Å². The van der Waals surface area contributed by atoms with Crippen molar-refractivity contribution in [3.8, 4) is 0 Å². The van der Waals surface area contributed by atoms with Crippen LogP contribution >= 0.6 is 0 Å². The Morgan fingerprint density at radius 3 is 1.25 bits per heavy atom. The molecule has 1 N–H and O–H groups in total. The molecule has 3 nitrogen and oxygen atoms in total. The van der Waals surface area contributed by atoms with Gasteiger partial charge >= 0.3 is 10.1 Å². The zero-order valence-corrected chi connectivity index (χ0v) is 9.16. The maximum atomic E-state index is 12.6. The third-order valence-electron chi connectivity index (χ3n) is 1.43. The van der Waals surface area contributed by atoms with Gasteiger partial charge in [0.2, 0.25) is 5.82 Å². The van der Waals surface area contributed by atoms with Gasteiger partial charge in [-0.05, 0) is 0 Å². The van der Waals surface area contributed by atoms with Gasteiger partial charge in [-0.1, -0.05) is 0 Å². The average molecular weight is 356 g/mol. The van der Waals surface area contributed by atoms with Crippen LogP contribution in [-0.4, -0.2) is 13.0 Å². The molecule has 0 unspecified atom stereocenters. The third-order valence-corrected chi connectivity index (χ3v) is 2.30. The molecule has 16 heavy (non-hydrogen) atoms. The molecule has 0 aliphatic rings. The van der Waals surface area contributed by atoms with Crippen molar-refractivity contribution >= 4 is 10.1 Å². The summed E-state index contributed by atoms with van der Waals surface area (Å²) in [5.74, 6) is -12.6. The first-order valence-electron chi connectivity index (χ1n) is 3.16. The maximum Gasteiger partial charge on any atom is 0.300 e. The van der Waals surface area contributed by atoms with Gasteiger partial charge in [-0.2, -0.15) is 8.42 Å². The summed E-state index contributed by atoms with van der Waals surface area (Å²) in [4.78, 5) is -2.26. The standard InChI is InChI=1S/C6HF5O3S.Ag/c7-1-2(8)4(10)6(15(12,13)14)5(11)3(1)9;/h(H,12,13,14);. The molecular formula is C6HAgF5O3S. The normalized spacial score (nSPS) is 11.1. The molecule has 0 aliphatic heterocycles. The van der Waals surface area contributed by atoms with Gasteiger partial charge < -0.3 is 0 Å². The number of hydrogen-bond acceptors (Lipinski definition) is 2. The Balaban J connectivity index is 0.00000225. The van der Waals surface area contributed by atoms with Gasteiger partial charge in [-0.25, -0.2) is 22.0 Å². The van der Waals surface area contributed by atoms with Crippen LogP contribution < -0.4 is 0 Å². The Labute approximate surface area is 102 Å². The van der Waals surface area contributed by atoms with E-state index in [1.165, 1.54) is 0 Å². The van der Waals surface area contributed by atoms with E-state index in [1.54, 1.807) is 0 Å². The molecular weight excluding hydrogens is 355 g/mol. The summed E-state index contributed by atoms with van der Waals surface area (Å²) < 4.78 is 91.3. The van der Waals surface area contributed by atoms with Gasteiger partial charge in [0.05, 0.1) is 0 Å². The van der Waals surface area contributed by atoms with Gasteiger partial charge in [-0.3, -0.25) is 4.55 Å². The molecule has 0 bridgehead atoms. The first-order chi connectivity index (χ1) is 6.68. The van der Waals surface area contributed by atoms with Crippen LogP contribution in [-0.2, 0) is 32.5 Å². The molecule has 95 valence electrons. The van der Waals surface area contributed by atoms with E-state index in [0.717, 1.165) is 0 Å². The molecule has 0 heterocycles. The second-order valence-electron chi connectivity index (χ2n) is 2.37. The van der Waals surface area contributed by atoms with Crippen molar-refractivity contribution in [2.75, 3.05) is 0 Å². The second kappa shape index (κ2) is 4.80. The second-order valence-corrected chi connectivity index (χ2v) is 3.73. The average Bonchev–Trinajstić information content (AvgIpc) is 2.09. The van der Waals surface area contributed by atoms with Crippen molar-refractivity contribution in [2.24, 2.45) is 0 Å². The Kier molecular flexibility index (Phi) is 4.65. The third kappa shape index (κ3) is 2.43. The van der Waals surface area contributed by atoms with Crippen molar-refractivity contribution in [1.82, 2.24) is 0 Å². The minimum absolute atomic E-state index is 0. The molecule has 1 radical (unpaired) electrons. The minimum atomic E-state index is -5.52. The van der Waals surface area contributed by atoms with E-state index in [4.69, 9.17) is 4.55 Å². The monoisotopic (exact) mass is 355 g/mol. The predicted molar refractivity (Wildman–Crippen MR) is 36.0 cm³/mol. The summed E-state index contributed by atoms with van der Waals surface area (Å²) in [5.41, 5.74) is 0. The van der Waals surface area contributed by atoms with Crippen LogP contribution in [0.1, 0.15) is 0 Å². The van der Waals surface area contributed by atoms with Crippen LogP contribution in [0.2, 0.25) is 0 Å². The van der Waals surface area contributed by atoms with E-state index in [-0.39, 0.29) is 22.4 Å². The molecule has 0 fully saturated rings. The smallest absolute Gasteiger partial charge is 0.282 e. The summed E-state index contributed by atoms with van der Waals surface area (Å²) in [6.07, 6.45) is 0. The number of hydrogen-bond donors (Lipinski definition) is 1. The Morgan fingerprint density at radius 2 is 1.00 bits per heavy atom. The largest absolute Gasteiger partial charge is 0.300 e. The van der Waals surface area contributed by atoms with Crippen molar-refractivity contribution in [1.29, 1.82) is 0 Å². The molecule has 0 saturated carbocycles. The van der Waals surface area contributed by atoms with Crippen LogP contribution in [0.5, 0.6) is 0 Å². The van der Waals surface area contributed by atoms with Gasteiger partial charge in [0, 0.05) is 22.4 Å². The number of halogens is 5. The van der Waals surface area contributed by atoms with Crippen molar-refractivity contribution in [3.63, 3.8) is 0 Å². The molecule has 1 rings (SSSR count). The molecule has 0 aliphatic carbocycles. The molecule has 1 aromatic rings. The Bertz CT molecular complexity index is 500. The summed E-state index contributed by atoms with van der Waals surface area (Å²) >= 11 is 0. The van der Waals surface area contributed by atoms with Gasteiger partial charge in [0.15, 0.2) is 28.2 Å². The molecule has 0 aromatic heterocycles. The van der Waals surface area contributed by atoms with E-state index in [9.17, 15) is 30.4 Å². The minimum Gasteiger partial charge on any atom is -0.282 e. The van der Waals surface area contributed by atoms with Crippen LogP contribution in [0.4, 0.5) is 22.0 Å². The number of rotatable bonds is 1. The van der Waals surface area contributed by atoms with E-state index >= 15 is 0 Å². The van der Waals surface area contributed by atoms with E-state index < -0.39 is 44.1 Å². The first-order valence-corrected chi connectivity index (χ1v) is 4.61. The Morgan fingerprint density at radius 1 is 0.750 bits per heavy atom. The molecule has 0 amide bonds. The molecule has 10 heteroatoms. The van der Waals surface area contributed by atoms with Crippen LogP contribution in [0.3, 0.4) is 0 Å². The summed E-state index contributed by atoms with van der Waals surface area (Å²) in [7, 11) is -5.52. The summed E-state index contributed by atoms with van der Waals surface area (Å²) in [6, 6.07) is 0. The van der Waals surface area contributed by atoms with Gasteiger partial charge in [0.25, 0.3) is 0 Å². The molecule has 0 saturated heterocycles. The quantitative estimate of drug-likeness (QED) is 0.274. The van der Waals surface area contributed by atoms with Crippen LogP contribution in [0.25, 0.3) is 0 Å². The molecule has 1 aromatic carbocycles. The maximum absolute atomic E-state index is 12.6. The van der Waals surface area contributed by atoms with E-state index in [1.807, 2.05) is 0 Å². The van der Waals surface area contributed by atoms with E-state index in [0.29, 0.717) is 0 Å². The van der Waals surface area contributed by atoms with Crippen molar-refractivity contribution in [3.05, 3.63) is 29.1 Å². The number of benzene rings is 1. The molecule has 0 spiro atoms. The van der Waals surface area contributed by atoms with Crippen LogP contribution in [0.15, 0.2) is 4.90 Å². The fraction of sp³-hybridized carbons (Fsp3) is 0. The predicted octanol–water partition coefficient (Wildman–Crippen LogP) is 1.63. The van der Waals surface area contributed by atoms with Crippen molar-refractivity contribution < 1.29 is 57.3 Å². The fourth-order valence-corrected chi connectivity index (χ4v) is 1.44. The summed E-state index contributed by atoms with van der Waals surface area (Å²) in [5, 5.41) is 0. The first kappa shape index (κ1) is 15.5. The van der Waals surface area contributed by atoms with Crippen LogP contribution in [0, 0.1) is 29.1 Å². The fourth-order valence-electron chi connectivity index (χ4n) is 0.811. The van der Waals surface area contributed by atoms with Gasteiger partial charge in [0.1, 0.15) is 0 Å². The van der Waals surface area contributed by atoms with E-state index in [2.05, 4.69) is 0 Å². The SMILES string of the molecule is O=S(=O)(O)c1c(F)c(F)c(F)c(F)c1F.[Ag].